The minimum atomic E-state index is -0.941. The van der Waals surface area contributed by atoms with Crippen molar-refractivity contribution in [1.82, 2.24) is 4.67 Å². The summed E-state index contributed by atoms with van der Waals surface area (Å²) in [5.41, 5.74) is 0. The van der Waals surface area contributed by atoms with Crippen molar-refractivity contribution in [3.05, 3.63) is 0 Å². The van der Waals surface area contributed by atoms with Gasteiger partial charge in [0.15, 0.2) is 0 Å². The predicted molar refractivity (Wildman–Crippen MR) is 98.1 cm³/mol. The van der Waals surface area contributed by atoms with Gasteiger partial charge in [-0.25, -0.2) is 4.67 Å². The third-order valence-corrected chi connectivity index (χ3v) is 6.00. The molecule has 0 aromatic carbocycles. The van der Waals surface area contributed by atoms with E-state index in [0.29, 0.717) is 12.1 Å². The Kier molecular flexibility index (Phi) is 13.5. The van der Waals surface area contributed by atoms with Crippen LogP contribution in [0.2, 0.25) is 0 Å². The zero-order valence-corrected chi connectivity index (χ0v) is 16.8. The summed E-state index contributed by atoms with van der Waals surface area (Å²) in [5, 5.41) is 0. The van der Waals surface area contributed by atoms with Gasteiger partial charge in [-0.3, -0.25) is 0 Å². The fourth-order valence-corrected chi connectivity index (χ4v) is 4.35. The Hall–Kier alpha value is 0.660. The van der Waals surface area contributed by atoms with Crippen molar-refractivity contribution in [2.24, 2.45) is 0 Å². The van der Waals surface area contributed by atoms with Crippen LogP contribution in [-0.2, 0) is 9.05 Å². The molecule has 0 aromatic heterocycles. The molecule has 1 unspecified atom stereocenters. The second-order valence-corrected chi connectivity index (χ2v) is 8.59. The molecule has 0 aliphatic rings. The van der Waals surface area contributed by atoms with Gasteiger partial charge in [-0.1, -0.05) is 12.8 Å². The smallest absolute Gasteiger partial charge is 0.259 e. The van der Waals surface area contributed by atoms with E-state index in [1.165, 1.54) is 25.0 Å². The summed E-state index contributed by atoms with van der Waals surface area (Å²) in [7, 11) is -0.941. The van der Waals surface area contributed by atoms with Gasteiger partial charge in [-0.05, 0) is 66.4 Å². The molecule has 0 fully saturated rings. The highest BCUT2D eigenvalue weighted by atomic mass is 32.2. The van der Waals surface area contributed by atoms with Crippen molar-refractivity contribution < 1.29 is 9.05 Å². The van der Waals surface area contributed by atoms with Crippen LogP contribution in [0.25, 0.3) is 0 Å². The van der Waals surface area contributed by atoms with Crippen molar-refractivity contribution in [3.63, 3.8) is 0 Å². The standard InChI is InChI=1S/C16H36NO2PS/c1-14(2)17(15(3)4)20(19-16(5)6)18-12-10-8-9-11-13-21-7/h14-16H,8-13H2,1-7H3. The van der Waals surface area contributed by atoms with E-state index in [4.69, 9.17) is 9.05 Å². The maximum Gasteiger partial charge on any atom is 0.259 e. The normalized spacial score (nSPS) is 13.9. The second-order valence-electron chi connectivity index (χ2n) is 6.20. The van der Waals surface area contributed by atoms with E-state index >= 15 is 0 Å². The van der Waals surface area contributed by atoms with Gasteiger partial charge < -0.3 is 9.05 Å². The van der Waals surface area contributed by atoms with Crippen molar-refractivity contribution in [1.29, 1.82) is 0 Å². The van der Waals surface area contributed by atoms with E-state index in [9.17, 15) is 0 Å². The number of hydrogen-bond acceptors (Lipinski definition) is 4. The van der Waals surface area contributed by atoms with Crippen molar-refractivity contribution in [3.8, 4) is 0 Å². The van der Waals surface area contributed by atoms with E-state index in [2.05, 4.69) is 52.5 Å². The monoisotopic (exact) mass is 337 g/mol. The average Bonchev–Trinajstić information content (AvgIpc) is 2.35. The summed E-state index contributed by atoms with van der Waals surface area (Å²) in [4.78, 5) is 0. The first-order valence-electron chi connectivity index (χ1n) is 8.27. The van der Waals surface area contributed by atoms with Gasteiger partial charge >= 0.3 is 0 Å². The molecule has 0 saturated carbocycles. The highest BCUT2D eigenvalue weighted by molar-refractivity contribution is 7.98. The van der Waals surface area contributed by atoms with Gasteiger partial charge in [-0.2, -0.15) is 11.8 Å². The molecular formula is C16H36NO2PS. The highest BCUT2D eigenvalue weighted by Gasteiger charge is 2.27. The van der Waals surface area contributed by atoms with Crippen LogP contribution in [-0.4, -0.2) is 41.5 Å². The van der Waals surface area contributed by atoms with Gasteiger partial charge in [0.05, 0.1) is 12.7 Å². The largest absolute Gasteiger partial charge is 0.322 e. The fourth-order valence-electron chi connectivity index (χ4n) is 2.15. The van der Waals surface area contributed by atoms with E-state index in [0.717, 1.165) is 13.0 Å². The molecule has 0 bridgehead atoms. The molecular weight excluding hydrogens is 301 g/mol. The number of nitrogens with zero attached hydrogens (tertiary/aromatic N) is 1. The SMILES string of the molecule is CSCCCCCCOP(OC(C)C)N(C(C)C)C(C)C. The van der Waals surface area contributed by atoms with Crippen LogP contribution >= 0.6 is 20.3 Å². The molecule has 0 aliphatic carbocycles. The molecule has 0 amide bonds. The van der Waals surface area contributed by atoms with E-state index < -0.39 is 8.53 Å². The predicted octanol–water partition coefficient (Wildman–Crippen LogP) is 5.70. The molecule has 0 aromatic rings. The topological polar surface area (TPSA) is 21.7 Å². The Balaban J connectivity index is 4.17. The minimum Gasteiger partial charge on any atom is -0.322 e. The Morgan fingerprint density at radius 2 is 1.48 bits per heavy atom. The average molecular weight is 338 g/mol. The van der Waals surface area contributed by atoms with Crippen LogP contribution in [0, 0.1) is 0 Å². The molecule has 0 radical (unpaired) electrons. The first-order chi connectivity index (χ1) is 9.90. The van der Waals surface area contributed by atoms with Crippen LogP contribution in [0.15, 0.2) is 0 Å². The first-order valence-corrected chi connectivity index (χ1v) is 10.8. The van der Waals surface area contributed by atoms with Gasteiger partial charge in [0.1, 0.15) is 0 Å². The summed E-state index contributed by atoms with van der Waals surface area (Å²) < 4.78 is 14.5. The molecule has 1 atom stereocenters. The number of hydrogen-bond donors (Lipinski definition) is 0. The maximum absolute atomic E-state index is 6.11. The Morgan fingerprint density at radius 1 is 0.905 bits per heavy atom. The van der Waals surface area contributed by atoms with Crippen LogP contribution in [0.1, 0.15) is 67.2 Å². The third-order valence-electron chi connectivity index (χ3n) is 2.99. The Morgan fingerprint density at radius 3 is 1.95 bits per heavy atom. The van der Waals surface area contributed by atoms with Crippen LogP contribution < -0.4 is 0 Å². The van der Waals surface area contributed by atoms with E-state index in [1.807, 2.05) is 11.8 Å². The van der Waals surface area contributed by atoms with E-state index in [-0.39, 0.29) is 6.10 Å². The Labute approximate surface area is 138 Å². The zero-order chi connectivity index (χ0) is 16.3. The lowest BCUT2D eigenvalue weighted by atomic mass is 10.2. The molecule has 0 spiro atoms. The molecule has 5 heteroatoms. The Bertz CT molecular complexity index is 232. The second kappa shape index (κ2) is 13.1. The van der Waals surface area contributed by atoms with Gasteiger partial charge in [0.2, 0.25) is 0 Å². The van der Waals surface area contributed by atoms with Crippen molar-refractivity contribution in [2.75, 3.05) is 18.6 Å². The summed E-state index contributed by atoms with van der Waals surface area (Å²) in [5.74, 6) is 1.28. The highest BCUT2D eigenvalue weighted by Crippen LogP contribution is 2.47. The molecule has 3 nitrogen and oxygen atoms in total. The number of thioether (sulfide) groups is 1. The van der Waals surface area contributed by atoms with Gasteiger partial charge in [-0.15, -0.1) is 0 Å². The van der Waals surface area contributed by atoms with Crippen molar-refractivity contribution in [2.45, 2.75) is 85.4 Å². The molecule has 0 heterocycles. The third kappa shape index (κ3) is 10.9. The van der Waals surface area contributed by atoms with E-state index in [1.54, 1.807) is 0 Å². The van der Waals surface area contributed by atoms with Crippen LogP contribution in [0.3, 0.4) is 0 Å². The molecule has 0 saturated heterocycles. The summed E-state index contributed by atoms with van der Waals surface area (Å²) in [6.45, 7) is 13.8. The summed E-state index contributed by atoms with van der Waals surface area (Å²) >= 11 is 1.93. The molecule has 0 N–H and O–H groups in total. The minimum absolute atomic E-state index is 0.206. The molecule has 0 rings (SSSR count). The molecule has 128 valence electrons. The molecule has 21 heavy (non-hydrogen) atoms. The summed E-state index contributed by atoms with van der Waals surface area (Å²) in [6.07, 6.45) is 7.41. The number of rotatable bonds is 13. The number of unbranched alkanes of at least 4 members (excludes halogenated alkanes) is 3. The van der Waals surface area contributed by atoms with Crippen molar-refractivity contribution >= 4 is 20.3 Å². The lowest BCUT2D eigenvalue weighted by Crippen LogP contribution is -2.34. The lowest BCUT2D eigenvalue weighted by Gasteiger charge is -2.36. The van der Waals surface area contributed by atoms with Crippen LogP contribution in [0.5, 0.6) is 0 Å². The molecule has 0 aliphatic heterocycles. The maximum atomic E-state index is 6.11. The lowest BCUT2D eigenvalue weighted by molar-refractivity contribution is 0.146. The van der Waals surface area contributed by atoms with Gasteiger partial charge in [0.25, 0.3) is 8.53 Å². The first kappa shape index (κ1) is 21.7. The van der Waals surface area contributed by atoms with Gasteiger partial charge in [0, 0.05) is 12.1 Å². The van der Waals surface area contributed by atoms with Crippen LogP contribution in [0.4, 0.5) is 0 Å². The summed E-state index contributed by atoms with van der Waals surface area (Å²) in [6, 6.07) is 0.882. The fraction of sp³-hybridized carbons (Fsp3) is 1.00. The zero-order valence-electron chi connectivity index (χ0n) is 15.1. The quantitative estimate of drug-likeness (QED) is 0.317.